The summed E-state index contributed by atoms with van der Waals surface area (Å²) in [5.41, 5.74) is 2.62. The van der Waals surface area contributed by atoms with E-state index >= 15 is 0 Å². The van der Waals surface area contributed by atoms with Crippen molar-refractivity contribution in [1.82, 2.24) is 10.0 Å². The van der Waals surface area contributed by atoms with Crippen molar-refractivity contribution in [2.75, 3.05) is 18.4 Å². The molecule has 3 N–H and O–H groups in total. The van der Waals surface area contributed by atoms with E-state index in [1.165, 1.54) is 0 Å². The number of carbonyl (C=O) groups excluding carboxylic acids is 1. The lowest BCUT2D eigenvalue weighted by Crippen LogP contribution is -2.42. The van der Waals surface area contributed by atoms with Gasteiger partial charge in [0.25, 0.3) is 5.91 Å². The Labute approximate surface area is 185 Å². The largest absolute Gasteiger partial charge is 0.322 e. The average Bonchev–Trinajstić information content (AvgIpc) is 2.71. The molecule has 0 bridgehead atoms. The summed E-state index contributed by atoms with van der Waals surface area (Å²) in [6.07, 6.45) is 1.93. The predicted octanol–water partition coefficient (Wildman–Crippen LogP) is 3.64. The molecule has 0 saturated carbocycles. The maximum atomic E-state index is 12.9. The third-order valence-electron chi connectivity index (χ3n) is 5.52. The highest BCUT2D eigenvalue weighted by Crippen LogP contribution is 2.26. The minimum absolute atomic E-state index is 0. The first-order chi connectivity index (χ1) is 13.8. The number of piperidine rings is 1. The molecule has 0 aliphatic carbocycles. The van der Waals surface area contributed by atoms with E-state index in [0.717, 1.165) is 25.9 Å². The Kier molecular flexibility index (Phi) is 8.43. The standard InChI is InChI=1S/C22H29N3O3S.ClH/c1-15-13-20(29(27,28)25-17(3)18-9-11-23-12-10-18)14-16(2)21(15)24-22(26)19-7-5-4-6-8-19;/h4-8,13-14,17-18,23,25H,9-12H2,1-3H3,(H,24,26);1H. The lowest BCUT2D eigenvalue weighted by Gasteiger charge is -2.28. The molecule has 0 radical (unpaired) electrons. The van der Waals surface area contributed by atoms with Gasteiger partial charge in [-0.15, -0.1) is 12.4 Å². The molecular formula is C22H30ClN3O3S. The van der Waals surface area contributed by atoms with Crippen LogP contribution in [0.15, 0.2) is 47.4 Å². The molecule has 1 aliphatic rings. The van der Waals surface area contributed by atoms with Gasteiger partial charge in [-0.25, -0.2) is 13.1 Å². The normalized spacial score (nSPS) is 15.8. The summed E-state index contributed by atoms with van der Waals surface area (Å²) in [5, 5.41) is 6.21. The zero-order valence-electron chi connectivity index (χ0n) is 17.6. The van der Waals surface area contributed by atoms with E-state index in [1.807, 2.05) is 26.8 Å². The second kappa shape index (κ2) is 10.4. The summed E-state index contributed by atoms with van der Waals surface area (Å²) < 4.78 is 28.7. The van der Waals surface area contributed by atoms with Crippen molar-refractivity contribution in [2.45, 2.75) is 44.6 Å². The smallest absolute Gasteiger partial charge is 0.255 e. The van der Waals surface area contributed by atoms with Gasteiger partial charge in [-0.3, -0.25) is 4.79 Å². The molecule has 0 aromatic heterocycles. The van der Waals surface area contributed by atoms with Gasteiger partial charge in [0.05, 0.1) is 4.90 Å². The van der Waals surface area contributed by atoms with Crippen molar-refractivity contribution in [3.8, 4) is 0 Å². The second-order valence-corrected chi connectivity index (χ2v) is 9.46. The third kappa shape index (κ3) is 5.82. The molecule has 30 heavy (non-hydrogen) atoms. The highest BCUT2D eigenvalue weighted by Gasteiger charge is 2.26. The topological polar surface area (TPSA) is 87.3 Å². The number of hydrogen-bond acceptors (Lipinski definition) is 4. The number of sulfonamides is 1. The summed E-state index contributed by atoms with van der Waals surface area (Å²) in [7, 11) is -3.63. The molecular weight excluding hydrogens is 422 g/mol. The number of amides is 1. The number of nitrogens with one attached hydrogen (secondary N) is 3. The summed E-state index contributed by atoms with van der Waals surface area (Å²) in [6.45, 7) is 7.39. The van der Waals surface area contributed by atoms with Crippen molar-refractivity contribution in [3.05, 3.63) is 59.2 Å². The monoisotopic (exact) mass is 451 g/mol. The fourth-order valence-corrected chi connectivity index (χ4v) is 5.29. The summed E-state index contributed by atoms with van der Waals surface area (Å²) in [6, 6.07) is 12.1. The Hall–Kier alpha value is -1.93. The van der Waals surface area contributed by atoms with E-state index in [0.29, 0.717) is 28.3 Å². The molecule has 1 amide bonds. The van der Waals surface area contributed by atoms with Crippen LogP contribution in [0.4, 0.5) is 5.69 Å². The van der Waals surface area contributed by atoms with Crippen LogP contribution in [0.25, 0.3) is 0 Å². The SMILES string of the molecule is Cc1cc(S(=O)(=O)NC(C)C2CCNCC2)cc(C)c1NC(=O)c1ccccc1.Cl. The molecule has 1 unspecified atom stereocenters. The van der Waals surface area contributed by atoms with Crippen LogP contribution < -0.4 is 15.4 Å². The Bertz CT molecular complexity index is 951. The molecule has 2 aromatic rings. The Morgan fingerprint density at radius 1 is 1.07 bits per heavy atom. The molecule has 8 heteroatoms. The fourth-order valence-electron chi connectivity index (χ4n) is 3.80. The summed E-state index contributed by atoms with van der Waals surface area (Å²) >= 11 is 0. The van der Waals surface area contributed by atoms with E-state index < -0.39 is 10.0 Å². The summed E-state index contributed by atoms with van der Waals surface area (Å²) in [5.74, 6) is 0.114. The number of carbonyl (C=O) groups is 1. The second-order valence-electron chi connectivity index (χ2n) is 7.75. The van der Waals surface area contributed by atoms with Gasteiger partial charge in [0.1, 0.15) is 0 Å². The van der Waals surface area contributed by atoms with E-state index in [-0.39, 0.29) is 29.3 Å². The number of anilines is 1. The van der Waals surface area contributed by atoms with Crippen LogP contribution >= 0.6 is 12.4 Å². The zero-order chi connectivity index (χ0) is 21.0. The first kappa shape index (κ1) is 24.3. The fraction of sp³-hybridized carbons (Fsp3) is 0.409. The van der Waals surface area contributed by atoms with E-state index in [9.17, 15) is 13.2 Å². The van der Waals surface area contributed by atoms with Crippen molar-refractivity contribution in [2.24, 2.45) is 5.92 Å². The molecule has 1 saturated heterocycles. The quantitative estimate of drug-likeness (QED) is 0.625. The maximum Gasteiger partial charge on any atom is 0.255 e. The minimum atomic E-state index is -3.63. The third-order valence-corrected chi connectivity index (χ3v) is 7.06. The number of aryl methyl sites for hydroxylation is 2. The Balaban J connectivity index is 0.00000320. The van der Waals surface area contributed by atoms with Crippen LogP contribution in [0.5, 0.6) is 0 Å². The van der Waals surface area contributed by atoms with Crippen molar-refractivity contribution in [3.63, 3.8) is 0 Å². The van der Waals surface area contributed by atoms with Crippen LogP contribution in [-0.4, -0.2) is 33.5 Å². The molecule has 1 fully saturated rings. The van der Waals surface area contributed by atoms with Crippen LogP contribution in [0, 0.1) is 19.8 Å². The summed E-state index contributed by atoms with van der Waals surface area (Å²) in [4.78, 5) is 12.7. The molecule has 2 aromatic carbocycles. The average molecular weight is 452 g/mol. The molecule has 3 rings (SSSR count). The molecule has 0 spiro atoms. The molecule has 164 valence electrons. The van der Waals surface area contributed by atoms with Gasteiger partial charge >= 0.3 is 0 Å². The Morgan fingerprint density at radius 3 is 2.20 bits per heavy atom. The van der Waals surface area contributed by atoms with Crippen molar-refractivity contribution < 1.29 is 13.2 Å². The van der Waals surface area contributed by atoms with Crippen molar-refractivity contribution in [1.29, 1.82) is 0 Å². The number of rotatable bonds is 6. The maximum absolute atomic E-state index is 12.9. The molecule has 1 heterocycles. The van der Waals surface area contributed by atoms with Crippen LogP contribution in [0.3, 0.4) is 0 Å². The van der Waals surface area contributed by atoms with Gasteiger partial charge in [-0.05, 0) is 88.0 Å². The first-order valence-electron chi connectivity index (χ1n) is 9.98. The minimum Gasteiger partial charge on any atom is -0.322 e. The van der Waals surface area contributed by atoms with E-state index in [4.69, 9.17) is 0 Å². The van der Waals surface area contributed by atoms with Crippen LogP contribution in [0.1, 0.15) is 41.3 Å². The van der Waals surface area contributed by atoms with Gasteiger partial charge in [0, 0.05) is 17.3 Å². The lowest BCUT2D eigenvalue weighted by atomic mass is 9.92. The van der Waals surface area contributed by atoms with Gasteiger partial charge in [0.2, 0.25) is 10.0 Å². The zero-order valence-corrected chi connectivity index (χ0v) is 19.2. The van der Waals surface area contributed by atoms with Crippen LogP contribution in [-0.2, 0) is 10.0 Å². The van der Waals surface area contributed by atoms with Gasteiger partial charge in [0.15, 0.2) is 0 Å². The number of halogens is 1. The van der Waals surface area contributed by atoms with Gasteiger partial charge in [-0.1, -0.05) is 18.2 Å². The number of hydrogen-bond donors (Lipinski definition) is 3. The Morgan fingerprint density at radius 2 is 1.63 bits per heavy atom. The van der Waals surface area contributed by atoms with Gasteiger partial charge < -0.3 is 10.6 Å². The van der Waals surface area contributed by atoms with Crippen molar-refractivity contribution >= 4 is 34.0 Å². The molecule has 1 atom stereocenters. The first-order valence-corrected chi connectivity index (χ1v) is 11.5. The van der Waals surface area contributed by atoms with E-state index in [2.05, 4.69) is 15.4 Å². The van der Waals surface area contributed by atoms with E-state index in [1.54, 1.807) is 36.4 Å². The lowest BCUT2D eigenvalue weighted by molar-refractivity contribution is 0.102. The van der Waals surface area contributed by atoms with Crippen LogP contribution in [0.2, 0.25) is 0 Å². The predicted molar refractivity (Wildman–Crippen MR) is 123 cm³/mol. The highest BCUT2D eigenvalue weighted by molar-refractivity contribution is 7.89. The molecule has 6 nitrogen and oxygen atoms in total. The number of benzene rings is 2. The highest BCUT2D eigenvalue weighted by atomic mass is 35.5. The van der Waals surface area contributed by atoms with Gasteiger partial charge in [-0.2, -0.15) is 0 Å². The molecule has 1 aliphatic heterocycles.